The molecule has 2 saturated heterocycles. The van der Waals surface area contributed by atoms with E-state index in [9.17, 15) is 9.59 Å². The molecule has 0 radical (unpaired) electrons. The number of nitrogens with one attached hydrogen (secondary N) is 1. The number of hydrogen-bond donors (Lipinski definition) is 1. The lowest BCUT2D eigenvalue weighted by Gasteiger charge is -2.32. The number of ether oxygens (including phenoxy) is 1. The molecule has 3 heterocycles. The predicted octanol–water partition coefficient (Wildman–Crippen LogP) is 3.24. The van der Waals surface area contributed by atoms with Gasteiger partial charge < -0.3 is 19.9 Å². The third-order valence-corrected chi connectivity index (χ3v) is 6.10. The smallest absolute Gasteiger partial charge is 0.260 e. The van der Waals surface area contributed by atoms with Crippen LogP contribution in [0.2, 0.25) is 0 Å². The van der Waals surface area contributed by atoms with Crippen LogP contribution in [0.1, 0.15) is 31.7 Å². The summed E-state index contributed by atoms with van der Waals surface area (Å²) < 4.78 is 5.75. The van der Waals surface area contributed by atoms with Crippen LogP contribution in [-0.2, 0) is 9.59 Å². The number of aromatic nitrogens is 1. The Morgan fingerprint density at radius 3 is 2.87 bits per heavy atom. The molecule has 2 atom stereocenters. The standard InChI is InChI=1S/C24H30N4O3/c1-17-7-5-9-20(13-17)31-16-23(30)27-14-19-8-3-4-12-28(22(19)15-27)24-21(26-18(2)29)10-6-11-25-24/h5-7,9-11,13,19,22H,3-4,8,12,14-16H2,1-2H3,(H,26,29)/t19-,22+/m1/s1. The van der Waals surface area contributed by atoms with Gasteiger partial charge in [-0.2, -0.15) is 0 Å². The van der Waals surface area contributed by atoms with E-state index in [0.717, 1.165) is 55.2 Å². The van der Waals surface area contributed by atoms with Crippen LogP contribution in [0.4, 0.5) is 11.5 Å². The predicted molar refractivity (Wildman–Crippen MR) is 120 cm³/mol. The zero-order valence-electron chi connectivity index (χ0n) is 18.2. The fourth-order valence-corrected chi connectivity index (χ4v) is 4.67. The Hall–Kier alpha value is -3.09. The van der Waals surface area contributed by atoms with Crippen molar-refractivity contribution in [3.63, 3.8) is 0 Å². The average molecular weight is 423 g/mol. The van der Waals surface area contributed by atoms with Crippen molar-refractivity contribution in [2.45, 2.75) is 39.2 Å². The highest BCUT2D eigenvalue weighted by Gasteiger charge is 2.40. The van der Waals surface area contributed by atoms with Crippen molar-refractivity contribution in [1.29, 1.82) is 0 Å². The van der Waals surface area contributed by atoms with Crippen LogP contribution < -0.4 is 15.0 Å². The topological polar surface area (TPSA) is 74.8 Å². The molecule has 7 heteroatoms. The van der Waals surface area contributed by atoms with Gasteiger partial charge in [-0.05, 0) is 55.5 Å². The van der Waals surface area contributed by atoms with Crippen molar-refractivity contribution in [3.05, 3.63) is 48.2 Å². The Morgan fingerprint density at radius 2 is 2.06 bits per heavy atom. The van der Waals surface area contributed by atoms with Crippen LogP contribution in [0.25, 0.3) is 0 Å². The highest BCUT2D eigenvalue weighted by atomic mass is 16.5. The Morgan fingerprint density at radius 1 is 1.19 bits per heavy atom. The van der Waals surface area contributed by atoms with Gasteiger partial charge in [-0.15, -0.1) is 0 Å². The van der Waals surface area contributed by atoms with E-state index in [1.807, 2.05) is 48.2 Å². The highest BCUT2D eigenvalue weighted by molar-refractivity contribution is 5.92. The number of hydrogen-bond acceptors (Lipinski definition) is 5. The first kappa shape index (κ1) is 21.2. The molecular weight excluding hydrogens is 392 g/mol. The molecule has 1 aromatic heterocycles. The maximum Gasteiger partial charge on any atom is 0.260 e. The van der Waals surface area contributed by atoms with Gasteiger partial charge in [-0.1, -0.05) is 18.6 Å². The number of fused-ring (bicyclic) bond motifs is 1. The van der Waals surface area contributed by atoms with Gasteiger partial charge >= 0.3 is 0 Å². The second-order valence-corrected chi connectivity index (χ2v) is 8.48. The number of nitrogens with zero attached hydrogens (tertiary/aromatic N) is 3. The van der Waals surface area contributed by atoms with Crippen LogP contribution >= 0.6 is 0 Å². The molecule has 2 aliphatic rings. The molecule has 7 nitrogen and oxygen atoms in total. The van der Waals surface area contributed by atoms with Gasteiger partial charge in [0.05, 0.1) is 11.7 Å². The third kappa shape index (κ3) is 4.98. The van der Waals surface area contributed by atoms with Crippen molar-refractivity contribution in [2.75, 3.05) is 36.5 Å². The number of carbonyl (C=O) groups excluding carboxylic acids is 2. The number of pyridine rings is 1. The summed E-state index contributed by atoms with van der Waals surface area (Å²) in [5, 5.41) is 2.90. The van der Waals surface area contributed by atoms with Gasteiger partial charge in [-0.3, -0.25) is 9.59 Å². The number of carbonyl (C=O) groups is 2. The minimum absolute atomic E-state index is 0.0117. The van der Waals surface area contributed by atoms with Crippen LogP contribution in [0.5, 0.6) is 5.75 Å². The number of likely N-dealkylation sites (tertiary alicyclic amines) is 1. The lowest BCUT2D eigenvalue weighted by Crippen LogP contribution is -2.42. The van der Waals surface area contributed by atoms with Gasteiger partial charge in [0, 0.05) is 32.8 Å². The molecule has 2 aromatic rings. The molecule has 2 aliphatic heterocycles. The average Bonchev–Trinajstić information content (AvgIpc) is 3.07. The van der Waals surface area contributed by atoms with E-state index < -0.39 is 0 Å². The molecule has 0 aliphatic carbocycles. The van der Waals surface area contributed by atoms with Crippen molar-refractivity contribution in [2.24, 2.45) is 5.92 Å². The minimum atomic E-state index is -0.114. The van der Waals surface area contributed by atoms with Crippen molar-refractivity contribution < 1.29 is 14.3 Å². The summed E-state index contributed by atoms with van der Waals surface area (Å²) in [5.41, 5.74) is 1.83. The zero-order valence-corrected chi connectivity index (χ0v) is 18.2. The molecule has 0 bridgehead atoms. The van der Waals surface area contributed by atoms with E-state index in [1.54, 1.807) is 6.20 Å². The summed E-state index contributed by atoms with van der Waals surface area (Å²) in [6, 6.07) is 11.7. The molecule has 2 amide bonds. The third-order valence-electron chi connectivity index (χ3n) is 6.10. The molecule has 0 spiro atoms. The molecule has 1 N–H and O–H groups in total. The van der Waals surface area contributed by atoms with E-state index in [1.165, 1.54) is 6.92 Å². The van der Waals surface area contributed by atoms with Crippen molar-refractivity contribution in [1.82, 2.24) is 9.88 Å². The molecule has 0 saturated carbocycles. The first-order valence-electron chi connectivity index (χ1n) is 11.0. The van der Waals surface area contributed by atoms with E-state index in [2.05, 4.69) is 15.2 Å². The van der Waals surface area contributed by atoms with Crippen molar-refractivity contribution >= 4 is 23.3 Å². The van der Waals surface area contributed by atoms with Crippen molar-refractivity contribution in [3.8, 4) is 5.75 Å². The fraction of sp³-hybridized carbons (Fsp3) is 0.458. The summed E-state index contributed by atoms with van der Waals surface area (Å²) in [6.07, 6.45) is 5.05. The van der Waals surface area contributed by atoms with Gasteiger partial charge in [0.1, 0.15) is 5.75 Å². The number of benzene rings is 1. The number of rotatable bonds is 5. The summed E-state index contributed by atoms with van der Waals surface area (Å²) in [7, 11) is 0. The SMILES string of the molecule is CC(=O)Nc1cccnc1N1CCCC[C@@H]2CN(C(=O)COc3cccc(C)c3)C[C@@H]21. The zero-order chi connectivity index (χ0) is 21.8. The summed E-state index contributed by atoms with van der Waals surface area (Å²) >= 11 is 0. The molecule has 2 fully saturated rings. The number of anilines is 2. The lowest BCUT2D eigenvalue weighted by molar-refractivity contribution is -0.132. The summed E-state index contributed by atoms with van der Waals surface area (Å²) in [6.45, 7) is 5.81. The lowest BCUT2D eigenvalue weighted by atomic mass is 9.98. The Kier molecular flexibility index (Phi) is 6.39. The second kappa shape index (κ2) is 9.37. The largest absolute Gasteiger partial charge is 0.484 e. The minimum Gasteiger partial charge on any atom is -0.484 e. The number of aryl methyl sites for hydroxylation is 1. The Bertz CT molecular complexity index is 948. The van der Waals surface area contributed by atoms with Crippen LogP contribution in [0.3, 0.4) is 0 Å². The fourth-order valence-electron chi connectivity index (χ4n) is 4.67. The molecule has 31 heavy (non-hydrogen) atoms. The maximum absolute atomic E-state index is 12.9. The molecule has 0 unspecified atom stereocenters. The monoisotopic (exact) mass is 422 g/mol. The second-order valence-electron chi connectivity index (χ2n) is 8.48. The first-order valence-corrected chi connectivity index (χ1v) is 11.0. The Labute approximate surface area is 183 Å². The van der Waals surface area contributed by atoms with Crippen LogP contribution in [0.15, 0.2) is 42.6 Å². The van der Waals surface area contributed by atoms with Gasteiger partial charge in [-0.25, -0.2) is 4.98 Å². The van der Waals surface area contributed by atoms with E-state index >= 15 is 0 Å². The summed E-state index contributed by atoms with van der Waals surface area (Å²) in [5.74, 6) is 1.80. The van der Waals surface area contributed by atoms with Gasteiger partial charge in [0.25, 0.3) is 5.91 Å². The van der Waals surface area contributed by atoms with E-state index in [4.69, 9.17) is 4.74 Å². The Balaban J connectivity index is 1.47. The van der Waals surface area contributed by atoms with E-state index in [0.29, 0.717) is 12.5 Å². The van der Waals surface area contributed by atoms with Crippen LogP contribution in [-0.4, -0.2) is 54.0 Å². The number of amides is 2. The normalized spacial score (nSPS) is 20.7. The molecule has 164 valence electrons. The van der Waals surface area contributed by atoms with Gasteiger partial charge in [0.2, 0.25) is 5.91 Å². The molecular formula is C24H30N4O3. The highest BCUT2D eigenvalue weighted by Crippen LogP contribution is 2.35. The quantitative estimate of drug-likeness (QED) is 0.801. The molecule has 1 aromatic carbocycles. The molecule has 4 rings (SSSR count). The summed E-state index contributed by atoms with van der Waals surface area (Å²) in [4.78, 5) is 33.4. The maximum atomic E-state index is 12.9. The van der Waals surface area contributed by atoms with Crippen LogP contribution in [0, 0.1) is 12.8 Å². The first-order chi connectivity index (χ1) is 15.0. The van der Waals surface area contributed by atoms with E-state index in [-0.39, 0.29) is 24.5 Å². The van der Waals surface area contributed by atoms with Gasteiger partial charge in [0.15, 0.2) is 12.4 Å².